The molecule has 230 valence electrons. The number of aromatic nitrogens is 1. The SMILES string of the molecule is CNC(=O)c1c(-c2ccc(C)cc2)oc2nc(CS(=O)(=O)NCCCC3(C(=O)O)CCN(C(C)=O)CC3)c(C3CC3)cc12. The van der Waals surface area contributed by atoms with Crippen molar-refractivity contribution in [2.45, 2.75) is 64.0 Å². The molecule has 1 saturated heterocycles. The number of sulfonamides is 1. The van der Waals surface area contributed by atoms with Crippen LogP contribution in [0.25, 0.3) is 22.4 Å². The van der Waals surface area contributed by atoms with Gasteiger partial charge in [0.1, 0.15) is 11.5 Å². The van der Waals surface area contributed by atoms with Crippen LogP contribution in [0.5, 0.6) is 0 Å². The number of furan rings is 1. The van der Waals surface area contributed by atoms with Crippen LogP contribution >= 0.6 is 0 Å². The minimum absolute atomic E-state index is 0.0742. The summed E-state index contributed by atoms with van der Waals surface area (Å²) in [5.74, 6) is -1.12. The number of carboxylic acids is 1. The van der Waals surface area contributed by atoms with E-state index in [1.807, 2.05) is 37.3 Å². The number of amides is 2. The predicted molar refractivity (Wildman–Crippen MR) is 161 cm³/mol. The number of benzene rings is 1. The van der Waals surface area contributed by atoms with E-state index in [9.17, 15) is 27.9 Å². The number of hydrogen-bond acceptors (Lipinski definition) is 7. The Balaban J connectivity index is 1.34. The number of rotatable bonds is 11. The number of carboxylic acid groups (broad SMARTS) is 1. The molecule has 0 spiro atoms. The van der Waals surface area contributed by atoms with E-state index in [0.717, 1.165) is 29.5 Å². The Morgan fingerprint density at radius 2 is 1.81 bits per heavy atom. The maximum Gasteiger partial charge on any atom is 0.309 e. The number of nitrogens with zero attached hydrogens (tertiary/aromatic N) is 2. The Kier molecular flexibility index (Phi) is 8.62. The molecule has 1 aliphatic carbocycles. The first-order chi connectivity index (χ1) is 20.4. The zero-order chi connectivity index (χ0) is 30.9. The van der Waals surface area contributed by atoms with Gasteiger partial charge in [0, 0.05) is 39.2 Å². The van der Waals surface area contributed by atoms with Gasteiger partial charge in [0.05, 0.1) is 22.1 Å². The highest BCUT2D eigenvalue weighted by atomic mass is 32.2. The molecular formula is C31H38N4O7S. The van der Waals surface area contributed by atoms with Crippen LogP contribution < -0.4 is 10.0 Å². The van der Waals surface area contributed by atoms with Gasteiger partial charge in [-0.25, -0.2) is 18.1 Å². The van der Waals surface area contributed by atoms with E-state index in [2.05, 4.69) is 15.0 Å². The molecule has 2 amide bonds. The Labute approximate surface area is 251 Å². The molecule has 0 radical (unpaired) electrons. The van der Waals surface area contributed by atoms with Crippen LogP contribution in [-0.4, -0.2) is 67.9 Å². The fraction of sp³-hybridized carbons (Fsp3) is 0.484. The molecule has 3 aromatic rings. The third-order valence-electron chi connectivity index (χ3n) is 8.68. The second kappa shape index (κ2) is 12.1. The fourth-order valence-electron chi connectivity index (χ4n) is 5.90. The highest BCUT2D eigenvalue weighted by Gasteiger charge is 2.41. The molecule has 1 saturated carbocycles. The van der Waals surface area contributed by atoms with E-state index in [4.69, 9.17) is 4.42 Å². The molecule has 3 N–H and O–H groups in total. The van der Waals surface area contributed by atoms with Gasteiger partial charge in [0.2, 0.25) is 21.6 Å². The van der Waals surface area contributed by atoms with Crippen molar-refractivity contribution in [3.05, 3.63) is 52.7 Å². The lowest BCUT2D eigenvalue weighted by molar-refractivity contribution is -0.154. The van der Waals surface area contributed by atoms with Crippen molar-refractivity contribution < 1.29 is 32.3 Å². The summed E-state index contributed by atoms with van der Waals surface area (Å²) < 4.78 is 35.1. The van der Waals surface area contributed by atoms with Crippen LogP contribution in [0.2, 0.25) is 0 Å². The smallest absolute Gasteiger partial charge is 0.309 e. The van der Waals surface area contributed by atoms with Crippen molar-refractivity contribution in [3.8, 4) is 11.3 Å². The van der Waals surface area contributed by atoms with E-state index in [0.29, 0.717) is 61.2 Å². The van der Waals surface area contributed by atoms with Crippen molar-refractivity contribution in [1.29, 1.82) is 0 Å². The summed E-state index contributed by atoms with van der Waals surface area (Å²) in [4.78, 5) is 43.0. The average Bonchev–Trinajstić information content (AvgIpc) is 3.75. The molecule has 0 bridgehead atoms. The van der Waals surface area contributed by atoms with Crippen molar-refractivity contribution >= 4 is 38.9 Å². The number of likely N-dealkylation sites (tertiary alicyclic amines) is 1. The van der Waals surface area contributed by atoms with Crippen molar-refractivity contribution in [2.24, 2.45) is 5.41 Å². The Morgan fingerprint density at radius 1 is 1.14 bits per heavy atom. The fourth-order valence-corrected chi connectivity index (χ4v) is 7.05. The quantitative estimate of drug-likeness (QED) is 0.275. The summed E-state index contributed by atoms with van der Waals surface area (Å²) in [6.45, 7) is 4.29. The molecule has 2 fully saturated rings. The summed E-state index contributed by atoms with van der Waals surface area (Å²) in [6.07, 6.45) is 3.16. The maximum absolute atomic E-state index is 13.2. The van der Waals surface area contributed by atoms with Crippen molar-refractivity contribution in [3.63, 3.8) is 0 Å². The average molecular weight is 611 g/mol. The summed E-state index contributed by atoms with van der Waals surface area (Å²) in [7, 11) is -2.26. The zero-order valence-electron chi connectivity index (χ0n) is 24.7. The lowest BCUT2D eigenvalue weighted by atomic mass is 9.75. The largest absolute Gasteiger partial charge is 0.481 e. The summed E-state index contributed by atoms with van der Waals surface area (Å²) in [6, 6.07) is 9.45. The van der Waals surface area contributed by atoms with Gasteiger partial charge >= 0.3 is 5.97 Å². The minimum Gasteiger partial charge on any atom is -0.481 e. The van der Waals surface area contributed by atoms with Gasteiger partial charge in [-0.2, -0.15) is 0 Å². The van der Waals surface area contributed by atoms with E-state index in [1.54, 1.807) is 11.9 Å². The number of carbonyl (C=O) groups excluding carboxylic acids is 2. The standard InChI is InChI=1S/C31H38N4O7S/c1-19-5-7-22(8-6-19)27-26(28(37)32-3)24-17-23(21-9-10-21)25(34-29(24)42-27)18-43(40,41)33-14-4-11-31(30(38)39)12-15-35(16-13-31)20(2)36/h5-8,17,21,33H,4,9-16,18H2,1-3H3,(H,32,37)(H,38,39). The first-order valence-corrected chi connectivity index (χ1v) is 16.3. The molecule has 12 heteroatoms. The number of fused-ring (bicyclic) bond motifs is 1. The lowest BCUT2D eigenvalue weighted by Gasteiger charge is -2.38. The third kappa shape index (κ3) is 6.59. The third-order valence-corrected chi connectivity index (χ3v) is 9.98. The lowest BCUT2D eigenvalue weighted by Crippen LogP contribution is -2.46. The summed E-state index contributed by atoms with van der Waals surface area (Å²) >= 11 is 0. The van der Waals surface area contributed by atoms with E-state index in [1.165, 1.54) is 6.92 Å². The van der Waals surface area contributed by atoms with E-state index in [-0.39, 0.29) is 35.7 Å². The van der Waals surface area contributed by atoms with Crippen LogP contribution in [-0.2, 0) is 25.4 Å². The highest BCUT2D eigenvalue weighted by Crippen LogP contribution is 2.44. The van der Waals surface area contributed by atoms with Gasteiger partial charge in [-0.05, 0) is 63.0 Å². The van der Waals surface area contributed by atoms with Crippen molar-refractivity contribution in [2.75, 3.05) is 26.7 Å². The second-order valence-corrected chi connectivity index (χ2v) is 13.6. The van der Waals surface area contributed by atoms with Gasteiger partial charge in [-0.1, -0.05) is 29.8 Å². The molecule has 2 aromatic heterocycles. The Morgan fingerprint density at radius 3 is 2.40 bits per heavy atom. The number of carbonyl (C=O) groups is 3. The molecule has 1 aromatic carbocycles. The number of nitrogens with one attached hydrogen (secondary N) is 2. The van der Waals surface area contributed by atoms with Crippen LogP contribution in [0, 0.1) is 12.3 Å². The van der Waals surface area contributed by atoms with Crippen LogP contribution in [0.3, 0.4) is 0 Å². The van der Waals surface area contributed by atoms with Gasteiger partial charge in [0.25, 0.3) is 5.91 Å². The van der Waals surface area contributed by atoms with Crippen LogP contribution in [0.15, 0.2) is 34.7 Å². The first kappa shape index (κ1) is 30.7. The minimum atomic E-state index is -3.81. The van der Waals surface area contributed by atoms with Crippen LogP contribution in [0.1, 0.15) is 78.5 Å². The number of aryl methyl sites for hydroxylation is 1. The highest BCUT2D eigenvalue weighted by molar-refractivity contribution is 7.88. The van der Waals surface area contributed by atoms with E-state index >= 15 is 0 Å². The molecule has 43 heavy (non-hydrogen) atoms. The Hall–Kier alpha value is -3.77. The summed E-state index contributed by atoms with van der Waals surface area (Å²) in [5.41, 5.74) is 2.55. The molecule has 11 nitrogen and oxygen atoms in total. The van der Waals surface area contributed by atoms with E-state index < -0.39 is 21.4 Å². The van der Waals surface area contributed by atoms with Gasteiger partial charge in [0.15, 0.2) is 0 Å². The number of piperidine rings is 1. The van der Waals surface area contributed by atoms with Crippen LogP contribution in [0.4, 0.5) is 0 Å². The molecular weight excluding hydrogens is 572 g/mol. The van der Waals surface area contributed by atoms with Gasteiger partial charge in [-0.15, -0.1) is 0 Å². The molecule has 3 heterocycles. The molecule has 2 aliphatic rings. The number of pyridine rings is 1. The monoisotopic (exact) mass is 610 g/mol. The molecule has 5 rings (SSSR count). The number of hydrogen-bond donors (Lipinski definition) is 3. The normalized spacial score (nSPS) is 16.8. The zero-order valence-corrected chi connectivity index (χ0v) is 25.6. The second-order valence-electron chi connectivity index (χ2n) is 11.8. The predicted octanol–water partition coefficient (Wildman–Crippen LogP) is 3.95. The molecule has 1 aliphatic heterocycles. The Bertz CT molecular complexity index is 1650. The molecule has 0 unspecified atom stereocenters. The van der Waals surface area contributed by atoms with Gasteiger partial charge < -0.3 is 19.7 Å². The first-order valence-electron chi connectivity index (χ1n) is 14.6. The molecule has 0 atom stereocenters. The topological polar surface area (TPSA) is 159 Å². The number of aliphatic carboxylic acids is 1. The van der Waals surface area contributed by atoms with Gasteiger partial charge in [-0.3, -0.25) is 14.4 Å². The maximum atomic E-state index is 13.2. The summed E-state index contributed by atoms with van der Waals surface area (Å²) in [5, 5.41) is 13.1. The van der Waals surface area contributed by atoms with Crippen molar-refractivity contribution in [1.82, 2.24) is 19.9 Å².